The molecule has 1 rings (SSSR count). The van der Waals surface area contributed by atoms with Crippen LogP contribution in [0.25, 0.3) is 5.03 Å². The molecule has 2 heteroatoms. The van der Waals surface area contributed by atoms with Gasteiger partial charge in [0.25, 0.3) is 0 Å². The summed E-state index contributed by atoms with van der Waals surface area (Å²) in [6.45, 7) is 6.04. The monoisotopic (exact) mass is 208 g/mol. The first-order chi connectivity index (χ1) is 6.56. The van der Waals surface area contributed by atoms with Crippen molar-refractivity contribution in [1.82, 2.24) is 0 Å². The molecule has 0 spiro atoms. The van der Waals surface area contributed by atoms with Crippen molar-refractivity contribution in [3.05, 3.63) is 40.5 Å². The molecule has 0 fully saturated rings. The van der Waals surface area contributed by atoms with Gasteiger partial charge in [0.1, 0.15) is 6.29 Å². The lowest BCUT2D eigenvalue weighted by Gasteiger charge is -2.09. The number of hydrogen-bond donors (Lipinski definition) is 0. The van der Waals surface area contributed by atoms with Crippen LogP contribution in [0.1, 0.15) is 22.3 Å². The second kappa shape index (κ2) is 4.43. The lowest BCUT2D eigenvalue weighted by atomic mass is 9.99. The molecule has 1 aromatic rings. The molecule has 0 aliphatic heterocycles. The van der Waals surface area contributed by atoms with Crippen LogP contribution in [-0.4, -0.2) is 6.29 Å². The van der Waals surface area contributed by atoms with E-state index < -0.39 is 0 Å². The molecule has 0 aliphatic carbocycles. The van der Waals surface area contributed by atoms with Crippen LogP contribution in [0.5, 0.6) is 0 Å². The van der Waals surface area contributed by atoms with Gasteiger partial charge in [-0.1, -0.05) is 29.3 Å². The molecule has 0 N–H and O–H groups in total. The lowest BCUT2D eigenvalue weighted by Crippen LogP contribution is -1.91. The van der Waals surface area contributed by atoms with E-state index >= 15 is 0 Å². The number of allylic oxidation sites excluding steroid dienone is 1. The van der Waals surface area contributed by atoms with Crippen molar-refractivity contribution in [2.75, 3.05) is 0 Å². The maximum absolute atomic E-state index is 10.3. The van der Waals surface area contributed by atoms with E-state index in [1.807, 2.05) is 20.8 Å². The Balaban J connectivity index is 3.34. The van der Waals surface area contributed by atoms with E-state index in [0.29, 0.717) is 11.3 Å². The van der Waals surface area contributed by atoms with Crippen LogP contribution in [0.3, 0.4) is 0 Å². The number of carbonyl (C=O) groups excluding carboxylic acids is 1. The third kappa shape index (κ3) is 2.24. The van der Waals surface area contributed by atoms with Gasteiger partial charge in [-0.05, 0) is 43.5 Å². The van der Waals surface area contributed by atoms with Crippen molar-refractivity contribution in [2.45, 2.75) is 20.8 Å². The molecule has 0 aromatic heterocycles. The molecule has 14 heavy (non-hydrogen) atoms. The third-order valence-corrected chi connectivity index (χ3v) is 2.45. The van der Waals surface area contributed by atoms with Gasteiger partial charge in [0.15, 0.2) is 0 Å². The summed E-state index contributed by atoms with van der Waals surface area (Å²) in [6.07, 6.45) is 2.09. The van der Waals surface area contributed by atoms with Crippen LogP contribution in [0.2, 0.25) is 0 Å². The van der Waals surface area contributed by atoms with Gasteiger partial charge in [0.2, 0.25) is 0 Å². The SMILES string of the molecule is Cc1cc(C)c(C(Cl)=CC=O)c(C)c1. The number of benzene rings is 1. The highest BCUT2D eigenvalue weighted by Gasteiger charge is 2.06. The van der Waals surface area contributed by atoms with Gasteiger partial charge in [-0.3, -0.25) is 4.79 Å². The second-order valence-corrected chi connectivity index (χ2v) is 3.83. The fourth-order valence-electron chi connectivity index (χ4n) is 1.70. The highest BCUT2D eigenvalue weighted by molar-refractivity contribution is 6.50. The molecule has 1 aromatic carbocycles. The molecule has 74 valence electrons. The van der Waals surface area contributed by atoms with Crippen molar-refractivity contribution in [3.8, 4) is 0 Å². The van der Waals surface area contributed by atoms with Crippen molar-refractivity contribution in [2.24, 2.45) is 0 Å². The quantitative estimate of drug-likeness (QED) is 0.538. The highest BCUT2D eigenvalue weighted by Crippen LogP contribution is 2.26. The van der Waals surface area contributed by atoms with Gasteiger partial charge < -0.3 is 0 Å². The van der Waals surface area contributed by atoms with E-state index in [0.717, 1.165) is 16.7 Å². The van der Waals surface area contributed by atoms with Crippen LogP contribution in [0.4, 0.5) is 0 Å². The molecule has 0 heterocycles. The molecule has 0 saturated heterocycles. The Morgan fingerprint density at radius 3 is 2.14 bits per heavy atom. The van der Waals surface area contributed by atoms with Gasteiger partial charge in [0, 0.05) is 0 Å². The highest BCUT2D eigenvalue weighted by atomic mass is 35.5. The van der Waals surface area contributed by atoms with Crippen LogP contribution in [-0.2, 0) is 4.79 Å². The van der Waals surface area contributed by atoms with E-state index in [1.165, 1.54) is 11.6 Å². The summed E-state index contributed by atoms with van der Waals surface area (Å²) in [7, 11) is 0. The molecular formula is C12H13ClO. The lowest BCUT2D eigenvalue weighted by molar-refractivity contribution is -0.104. The zero-order valence-electron chi connectivity index (χ0n) is 8.60. The van der Waals surface area contributed by atoms with E-state index in [2.05, 4.69) is 12.1 Å². The summed E-state index contributed by atoms with van der Waals surface area (Å²) in [6, 6.07) is 4.12. The molecule has 1 nitrogen and oxygen atoms in total. The van der Waals surface area contributed by atoms with Gasteiger partial charge in [-0.2, -0.15) is 0 Å². The maximum Gasteiger partial charge on any atom is 0.144 e. The molecular weight excluding hydrogens is 196 g/mol. The Kier molecular flexibility index (Phi) is 3.48. The molecule has 0 saturated carbocycles. The Labute approximate surface area is 89.4 Å². The first kappa shape index (κ1) is 11.0. The minimum atomic E-state index is 0.509. The second-order valence-electron chi connectivity index (χ2n) is 3.42. The fraction of sp³-hybridized carbons (Fsp3) is 0.250. The summed E-state index contributed by atoms with van der Waals surface area (Å²) in [5.74, 6) is 0. The summed E-state index contributed by atoms with van der Waals surface area (Å²) in [4.78, 5) is 10.3. The van der Waals surface area contributed by atoms with Crippen molar-refractivity contribution in [3.63, 3.8) is 0 Å². The summed E-state index contributed by atoms with van der Waals surface area (Å²) in [5, 5.41) is 0.509. The number of aldehydes is 1. The largest absolute Gasteiger partial charge is 0.299 e. The number of hydrogen-bond acceptors (Lipinski definition) is 1. The maximum atomic E-state index is 10.3. The predicted molar refractivity (Wildman–Crippen MR) is 60.5 cm³/mol. The minimum Gasteiger partial charge on any atom is -0.299 e. The van der Waals surface area contributed by atoms with Gasteiger partial charge in [0.05, 0.1) is 5.03 Å². The molecule has 0 amide bonds. The number of halogens is 1. The Bertz CT molecular complexity index is 368. The smallest absolute Gasteiger partial charge is 0.144 e. The number of rotatable bonds is 2. The Morgan fingerprint density at radius 2 is 1.71 bits per heavy atom. The van der Waals surface area contributed by atoms with Crippen LogP contribution >= 0.6 is 11.6 Å². The molecule has 0 unspecified atom stereocenters. The van der Waals surface area contributed by atoms with Crippen LogP contribution in [0, 0.1) is 20.8 Å². The Morgan fingerprint density at radius 1 is 1.21 bits per heavy atom. The first-order valence-electron chi connectivity index (χ1n) is 4.45. The van der Waals surface area contributed by atoms with Crippen LogP contribution in [0.15, 0.2) is 18.2 Å². The van der Waals surface area contributed by atoms with E-state index in [4.69, 9.17) is 11.6 Å². The average molecular weight is 209 g/mol. The number of carbonyl (C=O) groups is 1. The average Bonchev–Trinajstić information content (AvgIpc) is 2.01. The van der Waals surface area contributed by atoms with Gasteiger partial charge in [-0.15, -0.1) is 0 Å². The van der Waals surface area contributed by atoms with E-state index in [9.17, 15) is 4.79 Å². The molecule has 0 bridgehead atoms. The van der Waals surface area contributed by atoms with Gasteiger partial charge >= 0.3 is 0 Å². The summed E-state index contributed by atoms with van der Waals surface area (Å²) >= 11 is 6.00. The normalized spacial score (nSPS) is 11.6. The molecule has 0 atom stereocenters. The molecule has 0 aliphatic rings. The van der Waals surface area contributed by atoms with Crippen LogP contribution < -0.4 is 0 Å². The zero-order valence-corrected chi connectivity index (χ0v) is 9.35. The summed E-state index contributed by atoms with van der Waals surface area (Å²) in [5.41, 5.74) is 4.37. The fourth-order valence-corrected chi connectivity index (χ4v) is 2.05. The van der Waals surface area contributed by atoms with Gasteiger partial charge in [-0.25, -0.2) is 0 Å². The summed E-state index contributed by atoms with van der Waals surface area (Å²) < 4.78 is 0. The van der Waals surface area contributed by atoms with Crippen molar-refractivity contribution >= 4 is 22.9 Å². The Hall–Kier alpha value is -1.08. The standard InChI is InChI=1S/C12H13ClO/c1-8-6-9(2)12(10(3)7-8)11(13)4-5-14/h4-7H,1-3H3. The first-order valence-corrected chi connectivity index (χ1v) is 4.83. The van der Waals surface area contributed by atoms with Crippen molar-refractivity contribution in [1.29, 1.82) is 0 Å². The molecule has 0 radical (unpaired) electrons. The van der Waals surface area contributed by atoms with E-state index in [1.54, 1.807) is 0 Å². The van der Waals surface area contributed by atoms with Crippen molar-refractivity contribution < 1.29 is 4.79 Å². The third-order valence-electron chi connectivity index (χ3n) is 2.13. The van der Waals surface area contributed by atoms with E-state index in [-0.39, 0.29) is 0 Å². The number of aryl methyl sites for hydroxylation is 3. The topological polar surface area (TPSA) is 17.1 Å². The zero-order chi connectivity index (χ0) is 10.7. The minimum absolute atomic E-state index is 0.509. The predicted octanol–water partition coefficient (Wildman–Crippen LogP) is 3.39.